The summed E-state index contributed by atoms with van der Waals surface area (Å²) in [5.74, 6) is -0.520. The van der Waals surface area contributed by atoms with Gasteiger partial charge in [0.15, 0.2) is 11.4 Å². The van der Waals surface area contributed by atoms with Crippen molar-refractivity contribution >= 4 is 23.4 Å². The number of hydrogen-bond acceptors (Lipinski definition) is 3. The summed E-state index contributed by atoms with van der Waals surface area (Å²) >= 11 is 5.78. The van der Waals surface area contributed by atoms with E-state index in [9.17, 15) is 9.18 Å². The highest BCUT2D eigenvalue weighted by Gasteiger charge is 2.46. The molecule has 1 aromatic carbocycles. The molecule has 17 heavy (non-hydrogen) atoms. The van der Waals surface area contributed by atoms with Crippen LogP contribution < -0.4 is 10.6 Å². The zero-order chi connectivity index (χ0) is 12.0. The summed E-state index contributed by atoms with van der Waals surface area (Å²) < 4.78 is 19.4. The Morgan fingerprint density at radius 1 is 1.47 bits per heavy atom. The number of hydrogen-bond donors (Lipinski definition) is 2. The first kappa shape index (κ1) is 10.8. The van der Waals surface area contributed by atoms with Crippen LogP contribution in [0.5, 0.6) is 0 Å². The van der Waals surface area contributed by atoms with Crippen LogP contribution in [0.2, 0.25) is 5.02 Å². The van der Waals surface area contributed by atoms with Crippen LogP contribution in [0.3, 0.4) is 0 Å². The molecule has 2 N–H and O–H groups in total. The zero-order valence-corrected chi connectivity index (χ0v) is 9.60. The summed E-state index contributed by atoms with van der Waals surface area (Å²) in [5.41, 5.74) is -0.145. The van der Waals surface area contributed by atoms with Crippen molar-refractivity contribution in [3.8, 4) is 0 Å². The van der Waals surface area contributed by atoms with Crippen molar-refractivity contribution < 1.29 is 13.9 Å². The lowest BCUT2D eigenvalue weighted by Gasteiger charge is -2.35. The van der Waals surface area contributed by atoms with Gasteiger partial charge in [0, 0.05) is 13.0 Å². The Morgan fingerprint density at radius 2 is 2.29 bits per heavy atom. The van der Waals surface area contributed by atoms with Crippen molar-refractivity contribution in [3.05, 3.63) is 28.5 Å². The molecular formula is C11H10ClFN2O2. The van der Waals surface area contributed by atoms with Crippen LogP contribution in [-0.2, 0) is 10.3 Å². The van der Waals surface area contributed by atoms with E-state index in [1.54, 1.807) is 6.07 Å². The lowest BCUT2D eigenvalue weighted by molar-refractivity contribution is 0.0250. The summed E-state index contributed by atoms with van der Waals surface area (Å²) in [6.07, 6.45) is -0.00654. The average molecular weight is 257 g/mol. The Kier molecular flexibility index (Phi) is 2.27. The van der Waals surface area contributed by atoms with Gasteiger partial charge >= 0.3 is 6.09 Å². The fourth-order valence-electron chi connectivity index (χ4n) is 2.43. The maximum absolute atomic E-state index is 14.1. The number of carbonyl (C=O) groups excluding carboxylic acids is 1. The van der Waals surface area contributed by atoms with Gasteiger partial charge in [-0.3, -0.25) is 5.32 Å². The Morgan fingerprint density at radius 3 is 3.00 bits per heavy atom. The molecule has 4 nitrogen and oxygen atoms in total. The normalized spacial score (nSPS) is 26.6. The van der Waals surface area contributed by atoms with Gasteiger partial charge in [0.1, 0.15) is 0 Å². The minimum Gasteiger partial charge on any atom is -0.436 e. The Balaban J connectivity index is 2.23. The number of carbonyl (C=O) groups is 1. The van der Waals surface area contributed by atoms with Gasteiger partial charge in [0.05, 0.1) is 16.3 Å². The van der Waals surface area contributed by atoms with Crippen LogP contribution in [0.4, 0.5) is 14.9 Å². The molecule has 1 saturated heterocycles. The summed E-state index contributed by atoms with van der Waals surface area (Å²) in [6.45, 7) is 1.09. The van der Waals surface area contributed by atoms with Gasteiger partial charge in [-0.2, -0.15) is 0 Å². The summed E-state index contributed by atoms with van der Waals surface area (Å²) in [6, 6.07) is 3.03. The predicted molar refractivity (Wildman–Crippen MR) is 60.7 cm³/mol. The third-order valence-electron chi connectivity index (χ3n) is 3.19. The molecule has 0 unspecified atom stereocenters. The first-order valence-corrected chi connectivity index (χ1v) is 5.69. The number of rotatable bonds is 0. The molecule has 0 aliphatic carbocycles. The van der Waals surface area contributed by atoms with Crippen molar-refractivity contribution in [1.29, 1.82) is 0 Å². The minimum absolute atomic E-state index is 0.0368. The standard InChI is InChI=1S/C11H10ClFN2O2/c12-6-1-2-7-8(9(6)13)11(3-4-14-5-11)17-10(16)15-7/h1-2,14H,3-5H2,(H,15,16)/t11-/m0/s1. The highest BCUT2D eigenvalue weighted by atomic mass is 35.5. The molecule has 0 aromatic heterocycles. The Labute approximate surface area is 102 Å². The number of nitrogens with one attached hydrogen (secondary N) is 2. The van der Waals surface area contributed by atoms with E-state index in [0.717, 1.165) is 0 Å². The number of ether oxygens (including phenoxy) is 1. The minimum atomic E-state index is -0.924. The number of fused-ring (bicyclic) bond motifs is 2. The van der Waals surface area contributed by atoms with E-state index in [0.29, 0.717) is 30.8 Å². The van der Waals surface area contributed by atoms with Gasteiger partial charge in [0.2, 0.25) is 0 Å². The number of anilines is 1. The van der Waals surface area contributed by atoms with E-state index >= 15 is 0 Å². The average Bonchev–Trinajstić information content (AvgIpc) is 2.72. The van der Waals surface area contributed by atoms with E-state index in [-0.39, 0.29) is 5.02 Å². The zero-order valence-electron chi connectivity index (χ0n) is 8.85. The number of amides is 1. The molecule has 0 saturated carbocycles. The quantitative estimate of drug-likeness (QED) is 0.748. The van der Waals surface area contributed by atoms with Crippen molar-refractivity contribution in [3.63, 3.8) is 0 Å². The third kappa shape index (κ3) is 1.50. The fraction of sp³-hybridized carbons (Fsp3) is 0.364. The van der Waals surface area contributed by atoms with Crippen molar-refractivity contribution in [2.75, 3.05) is 18.4 Å². The molecule has 0 bridgehead atoms. The highest BCUT2D eigenvalue weighted by Crippen LogP contribution is 2.43. The molecule has 1 fully saturated rings. The lowest BCUT2D eigenvalue weighted by atomic mass is 9.89. The summed E-state index contributed by atoms with van der Waals surface area (Å²) in [7, 11) is 0. The monoisotopic (exact) mass is 256 g/mol. The second-order valence-corrected chi connectivity index (χ2v) is 4.63. The molecule has 0 radical (unpaired) electrons. The molecule has 90 valence electrons. The van der Waals surface area contributed by atoms with Crippen LogP contribution >= 0.6 is 11.6 Å². The molecule has 1 aromatic rings. The first-order valence-electron chi connectivity index (χ1n) is 5.32. The maximum atomic E-state index is 14.1. The van der Waals surface area contributed by atoms with E-state index in [1.165, 1.54) is 6.07 Å². The van der Waals surface area contributed by atoms with E-state index < -0.39 is 17.5 Å². The second-order valence-electron chi connectivity index (χ2n) is 4.22. The Hall–Kier alpha value is -1.33. The van der Waals surface area contributed by atoms with Gasteiger partial charge in [0.25, 0.3) is 0 Å². The summed E-state index contributed by atoms with van der Waals surface area (Å²) in [4.78, 5) is 11.5. The Bertz CT molecular complexity index is 500. The fourth-order valence-corrected chi connectivity index (χ4v) is 2.59. The number of benzene rings is 1. The van der Waals surface area contributed by atoms with Crippen LogP contribution in [0.15, 0.2) is 12.1 Å². The second kappa shape index (κ2) is 3.58. The van der Waals surface area contributed by atoms with Gasteiger partial charge in [-0.05, 0) is 18.7 Å². The van der Waals surface area contributed by atoms with E-state index in [1.807, 2.05) is 0 Å². The molecule has 1 atom stereocenters. The van der Waals surface area contributed by atoms with Gasteiger partial charge in [-0.1, -0.05) is 11.6 Å². The maximum Gasteiger partial charge on any atom is 0.412 e. The van der Waals surface area contributed by atoms with E-state index in [2.05, 4.69) is 10.6 Å². The molecule has 2 heterocycles. The molecule has 1 amide bonds. The van der Waals surface area contributed by atoms with Crippen molar-refractivity contribution in [1.82, 2.24) is 5.32 Å². The van der Waals surface area contributed by atoms with Crippen molar-refractivity contribution in [2.45, 2.75) is 12.0 Å². The molecular weight excluding hydrogens is 247 g/mol. The smallest absolute Gasteiger partial charge is 0.412 e. The topological polar surface area (TPSA) is 50.4 Å². The van der Waals surface area contributed by atoms with Crippen LogP contribution in [0, 0.1) is 5.82 Å². The van der Waals surface area contributed by atoms with Gasteiger partial charge in [-0.15, -0.1) is 0 Å². The molecule has 6 heteroatoms. The molecule has 3 rings (SSSR count). The first-order chi connectivity index (χ1) is 8.12. The van der Waals surface area contributed by atoms with Gasteiger partial charge < -0.3 is 10.1 Å². The lowest BCUT2D eigenvalue weighted by Crippen LogP contribution is -2.42. The van der Waals surface area contributed by atoms with Crippen LogP contribution in [0.1, 0.15) is 12.0 Å². The highest BCUT2D eigenvalue weighted by molar-refractivity contribution is 6.31. The van der Waals surface area contributed by atoms with Gasteiger partial charge in [-0.25, -0.2) is 9.18 Å². The SMILES string of the molecule is O=C1Nc2ccc(Cl)c(F)c2[C@@]2(CCNC2)O1. The third-order valence-corrected chi connectivity index (χ3v) is 3.48. The van der Waals surface area contributed by atoms with Crippen LogP contribution in [0.25, 0.3) is 0 Å². The van der Waals surface area contributed by atoms with Crippen molar-refractivity contribution in [2.24, 2.45) is 0 Å². The predicted octanol–water partition coefficient (Wildman–Crippen LogP) is 2.23. The van der Waals surface area contributed by atoms with Crippen LogP contribution in [-0.4, -0.2) is 19.2 Å². The molecule has 1 spiro atoms. The molecule has 2 aliphatic rings. The molecule has 2 aliphatic heterocycles. The van der Waals surface area contributed by atoms with E-state index in [4.69, 9.17) is 16.3 Å². The number of halogens is 2. The largest absolute Gasteiger partial charge is 0.436 e. The summed E-state index contributed by atoms with van der Waals surface area (Å²) in [5, 5.41) is 5.60.